The van der Waals surface area contributed by atoms with Gasteiger partial charge >= 0.3 is 0 Å². The molecule has 5 heteroatoms. The van der Waals surface area contributed by atoms with Crippen molar-refractivity contribution in [1.82, 2.24) is 5.32 Å². The Kier molecular flexibility index (Phi) is 5.06. The minimum absolute atomic E-state index is 0.0183. The molecule has 0 saturated carbocycles. The van der Waals surface area contributed by atoms with E-state index in [1.54, 1.807) is 18.2 Å². The normalized spacial score (nSPS) is 12.2. The molecule has 0 spiro atoms. The van der Waals surface area contributed by atoms with Gasteiger partial charge in [0.25, 0.3) is 0 Å². The molecule has 1 atom stereocenters. The fraction of sp³-hybridized carbons (Fsp3) is 0.364. The van der Waals surface area contributed by atoms with Gasteiger partial charge in [0.15, 0.2) is 0 Å². The maximum Gasteiger partial charge on any atom is 0.224 e. The SMILES string of the molecule is C[C@H](CN)NC(=O)Cc1ccc(Cl)c(Cl)c1. The van der Waals surface area contributed by atoms with Gasteiger partial charge in [0.1, 0.15) is 0 Å². The van der Waals surface area contributed by atoms with Crippen molar-refractivity contribution < 1.29 is 4.79 Å². The zero-order chi connectivity index (χ0) is 12.1. The van der Waals surface area contributed by atoms with E-state index in [0.717, 1.165) is 5.56 Å². The van der Waals surface area contributed by atoms with E-state index in [2.05, 4.69) is 5.32 Å². The number of hydrogen-bond donors (Lipinski definition) is 2. The van der Waals surface area contributed by atoms with Crippen LogP contribution in [0.15, 0.2) is 18.2 Å². The van der Waals surface area contributed by atoms with Crippen molar-refractivity contribution in [2.75, 3.05) is 6.54 Å². The minimum Gasteiger partial charge on any atom is -0.352 e. The van der Waals surface area contributed by atoms with Gasteiger partial charge in [-0.2, -0.15) is 0 Å². The van der Waals surface area contributed by atoms with Crippen LogP contribution in [0.3, 0.4) is 0 Å². The number of nitrogens with two attached hydrogens (primary N) is 1. The summed E-state index contributed by atoms with van der Waals surface area (Å²) in [6.45, 7) is 2.28. The van der Waals surface area contributed by atoms with Gasteiger partial charge in [-0.05, 0) is 24.6 Å². The molecule has 0 aliphatic rings. The van der Waals surface area contributed by atoms with Gasteiger partial charge in [-0.1, -0.05) is 29.3 Å². The van der Waals surface area contributed by atoms with Gasteiger partial charge in [-0.15, -0.1) is 0 Å². The van der Waals surface area contributed by atoms with Crippen LogP contribution in [0.1, 0.15) is 12.5 Å². The van der Waals surface area contributed by atoms with Crippen molar-refractivity contribution in [2.45, 2.75) is 19.4 Å². The Morgan fingerprint density at radius 3 is 2.69 bits per heavy atom. The molecule has 0 heterocycles. The van der Waals surface area contributed by atoms with Gasteiger partial charge in [-0.3, -0.25) is 4.79 Å². The predicted octanol–water partition coefficient (Wildman–Crippen LogP) is 2.00. The summed E-state index contributed by atoms with van der Waals surface area (Å²) in [7, 11) is 0. The molecular weight excluding hydrogens is 247 g/mol. The molecule has 0 unspecified atom stereocenters. The summed E-state index contributed by atoms with van der Waals surface area (Å²) in [4.78, 5) is 11.5. The number of nitrogens with one attached hydrogen (secondary N) is 1. The number of carbonyl (C=O) groups excluding carboxylic acids is 1. The van der Waals surface area contributed by atoms with Crippen molar-refractivity contribution in [1.29, 1.82) is 0 Å². The highest BCUT2D eigenvalue weighted by Crippen LogP contribution is 2.22. The quantitative estimate of drug-likeness (QED) is 0.870. The molecule has 1 aromatic carbocycles. The topological polar surface area (TPSA) is 55.1 Å². The summed E-state index contributed by atoms with van der Waals surface area (Å²) in [6, 6.07) is 5.13. The lowest BCUT2D eigenvalue weighted by molar-refractivity contribution is -0.120. The Morgan fingerprint density at radius 2 is 2.12 bits per heavy atom. The Labute approximate surface area is 105 Å². The molecule has 0 aliphatic carbocycles. The molecule has 0 fully saturated rings. The molecule has 1 rings (SSSR count). The van der Waals surface area contributed by atoms with Crippen LogP contribution in [-0.2, 0) is 11.2 Å². The second-order valence-electron chi connectivity index (χ2n) is 3.63. The predicted molar refractivity (Wildman–Crippen MR) is 66.8 cm³/mol. The lowest BCUT2D eigenvalue weighted by Gasteiger charge is -2.11. The summed E-state index contributed by atoms with van der Waals surface area (Å²) in [6.07, 6.45) is 0.279. The zero-order valence-corrected chi connectivity index (χ0v) is 10.5. The summed E-state index contributed by atoms with van der Waals surface area (Å²) < 4.78 is 0. The monoisotopic (exact) mass is 260 g/mol. The Morgan fingerprint density at radius 1 is 1.44 bits per heavy atom. The van der Waals surface area contributed by atoms with Gasteiger partial charge in [0.2, 0.25) is 5.91 Å². The summed E-state index contributed by atoms with van der Waals surface area (Å²) >= 11 is 11.6. The number of amides is 1. The number of rotatable bonds is 4. The largest absolute Gasteiger partial charge is 0.352 e. The van der Waals surface area contributed by atoms with Crippen LogP contribution in [0.25, 0.3) is 0 Å². The first-order chi connectivity index (χ1) is 7.52. The average Bonchev–Trinajstić information content (AvgIpc) is 2.23. The maximum atomic E-state index is 11.5. The van der Waals surface area contributed by atoms with Crippen LogP contribution in [0, 0.1) is 0 Å². The van der Waals surface area contributed by atoms with E-state index in [1.807, 2.05) is 6.92 Å². The molecule has 3 nitrogen and oxygen atoms in total. The zero-order valence-electron chi connectivity index (χ0n) is 8.97. The Hall–Kier alpha value is -0.770. The van der Waals surface area contributed by atoms with Gasteiger partial charge in [-0.25, -0.2) is 0 Å². The number of hydrogen-bond acceptors (Lipinski definition) is 2. The number of halogens is 2. The second kappa shape index (κ2) is 6.09. The van der Waals surface area contributed by atoms with Crippen molar-refractivity contribution >= 4 is 29.1 Å². The molecule has 0 aliphatic heterocycles. The van der Waals surface area contributed by atoms with E-state index in [0.29, 0.717) is 16.6 Å². The molecule has 16 heavy (non-hydrogen) atoms. The maximum absolute atomic E-state index is 11.5. The van der Waals surface area contributed by atoms with E-state index in [1.165, 1.54) is 0 Å². The lowest BCUT2D eigenvalue weighted by Crippen LogP contribution is -2.38. The van der Waals surface area contributed by atoms with Crippen LogP contribution < -0.4 is 11.1 Å². The van der Waals surface area contributed by atoms with Crippen molar-refractivity contribution in [2.24, 2.45) is 5.73 Å². The third-order valence-corrected chi connectivity index (χ3v) is 2.85. The van der Waals surface area contributed by atoms with Crippen LogP contribution in [-0.4, -0.2) is 18.5 Å². The first-order valence-corrected chi connectivity index (χ1v) is 5.72. The third kappa shape index (κ3) is 4.00. The molecule has 88 valence electrons. The summed E-state index contributed by atoms with van der Waals surface area (Å²) in [5, 5.41) is 3.72. The van der Waals surface area contributed by atoms with E-state index >= 15 is 0 Å². The van der Waals surface area contributed by atoms with Crippen LogP contribution in [0.2, 0.25) is 10.0 Å². The molecule has 1 amide bonds. The van der Waals surface area contributed by atoms with Crippen molar-refractivity contribution in [3.63, 3.8) is 0 Å². The summed E-state index contributed by atoms with van der Waals surface area (Å²) in [5.74, 6) is -0.0728. The van der Waals surface area contributed by atoms with Gasteiger partial charge in [0.05, 0.1) is 16.5 Å². The smallest absolute Gasteiger partial charge is 0.224 e. The molecule has 0 saturated heterocycles. The van der Waals surface area contributed by atoms with E-state index in [4.69, 9.17) is 28.9 Å². The van der Waals surface area contributed by atoms with Gasteiger partial charge in [0, 0.05) is 12.6 Å². The van der Waals surface area contributed by atoms with E-state index < -0.39 is 0 Å². The van der Waals surface area contributed by atoms with Gasteiger partial charge < -0.3 is 11.1 Å². The molecule has 0 aromatic heterocycles. The standard InChI is InChI=1S/C11H14Cl2N2O/c1-7(6-14)15-11(16)5-8-2-3-9(12)10(13)4-8/h2-4,7H,5-6,14H2,1H3,(H,15,16)/t7-/m1/s1. The molecular formula is C11H14Cl2N2O. The molecule has 0 radical (unpaired) electrons. The fourth-order valence-electron chi connectivity index (χ4n) is 1.22. The average molecular weight is 261 g/mol. The van der Waals surface area contributed by atoms with Crippen LogP contribution in [0.5, 0.6) is 0 Å². The second-order valence-corrected chi connectivity index (χ2v) is 4.44. The highest BCUT2D eigenvalue weighted by molar-refractivity contribution is 6.42. The summed E-state index contributed by atoms with van der Waals surface area (Å²) in [5.41, 5.74) is 6.23. The highest BCUT2D eigenvalue weighted by atomic mass is 35.5. The Balaban J connectivity index is 2.59. The number of benzene rings is 1. The molecule has 3 N–H and O–H groups in total. The third-order valence-electron chi connectivity index (χ3n) is 2.11. The Bertz CT molecular complexity index is 382. The van der Waals surface area contributed by atoms with E-state index in [-0.39, 0.29) is 18.4 Å². The fourth-order valence-corrected chi connectivity index (χ4v) is 1.54. The van der Waals surface area contributed by atoms with E-state index in [9.17, 15) is 4.79 Å². The number of carbonyl (C=O) groups is 1. The van der Waals surface area contributed by atoms with Crippen molar-refractivity contribution in [3.05, 3.63) is 33.8 Å². The van der Waals surface area contributed by atoms with Crippen molar-refractivity contribution in [3.8, 4) is 0 Å². The first kappa shape index (κ1) is 13.3. The first-order valence-electron chi connectivity index (χ1n) is 4.96. The highest BCUT2D eigenvalue weighted by Gasteiger charge is 2.07. The minimum atomic E-state index is -0.0728. The lowest BCUT2D eigenvalue weighted by atomic mass is 10.1. The molecule has 0 bridgehead atoms. The van der Waals surface area contributed by atoms with Crippen LogP contribution in [0.4, 0.5) is 0 Å². The molecule has 1 aromatic rings. The van der Waals surface area contributed by atoms with Crippen LogP contribution >= 0.6 is 23.2 Å².